The molecule has 2 aliphatic rings. The highest BCUT2D eigenvalue weighted by Crippen LogP contribution is 2.40. The van der Waals surface area contributed by atoms with Crippen molar-refractivity contribution in [3.05, 3.63) is 58.9 Å². The molecule has 4 rings (SSSR count). The predicted octanol–water partition coefficient (Wildman–Crippen LogP) is 7.48. The number of anilines is 2. The maximum absolute atomic E-state index is 14.6. The lowest BCUT2D eigenvalue weighted by Crippen LogP contribution is -2.14. The van der Waals surface area contributed by atoms with Gasteiger partial charge in [0, 0.05) is 18.4 Å². The molecular weight excluding hydrogens is 389 g/mol. The van der Waals surface area contributed by atoms with Crippen LogP contribution in [0.15, 0.2) is 36.4 Å². The van der Waals surface area contributed by atoms with Crippen LogP contribution in [0.3, 0.4) is 0 Å². The second-order valence-electron chi connectivity index (χ2n) is 9.24. The van der Waals surface area contributed by atoms with Gasteiger partial charge in [-0.2, -0.15) is 0 Å². The second-order valence-corrected chi connectivity index (χ2v) is 9.24. The fourth-order valence-electron chi connectivity index (χ4n) is 5.33. The molecule has 0 saturated heterocycles. The summed E-state index contributed by atoms with van der Waals surface area (Å²) in [6.45, 7) is 0. The van der Waals surface area contributed by atoms with Gasteiger partial charge in [0.15, 0.2) is 0 Å². The highest BCUT2D eigenvalue weighted by Gasteiger charge is 2.22. The Morgan fingerprint density at radius 1 is 0.839 bits per heavy atom. The molecule has 0 heterocycles. The molecule has 2 saturated carbocycles. The van der Waals surface area contributed by atoms with Crippen LogP contribution in [0.5, 0.6) is 0 Å². The summed E-state index contributed by atoms with van der Waals surface area (Å²) in [5.74, 6) is 0.0588. The number of carbonyl (C=O) groups excluding carboxylic acids is 1. The highest BCUT2D eigenvalue weighted by molar-refractivity contribution is 5.90. The summed E-state index contributed by atoms with van der Waals surface area (Å²) < 4.78 is 19.3. The maximum atomic E-state index is 14.6. The number of nitrogens with zero attached hydrogens (tertiary/aromatic N) is 1. The summed E-state index contributed by atoms with van der Waals surface area (Å²) >= 11 is 0. The van der Waals surface area contributed by atoms with E-state index in [1.807, 2.05) is 11.9 Å². The van der Waals surface area contributed by atoms with E-state index in [9.17, 15) is 9.18 Å². The van der Waals surface area contributed by atoms with Gasteiger partial charge in [0.25, 0.3) is 0 Å². The number of esters is 1. The molecule has 0 N–H and O–H groups in total. The lowest BCUT2D eigenvalue weighted by Gasteiger charge is -2.29. The number of carbonyl (C=O) groups is 1. The molecule has 0 amide bonds. The Kier molecular flexibility index (Phi) is 6.94. The van der Waals surface area contributed by atoms with Crippen molar-refractivity contribution in [3.8, 4) is 0 Å². The Morgan fingerprint density at radius 3 is 1.87 bits per heavy atom. The quantitative estimate of drug-likeness (QED) is 0.467. The molecule has 0 spiro atoms. The zero-order valence-corrected chi connectivity index (χ0v) is 18.8. The number of methoxy groups -OCH3 is 1. The molecule has 2 aromatic carbocycles. The third-order valence-electron chi connectivity index (χ3n) is 7.25. The fourth-order valence-corrected chi connectivity index (χ4v) is 5.33. The van der Waals surface area contributed by atoms with Crippen molar-refractivity contribution >= 4 is 17.3 Å². The van der Waals surface area contributed by atoms with Gasteiger partial charge in [-0.1, -0.05) is 44.6 Å². The zero-order chi connectivity index (χ0) is 21.8. The van der Waals surface area contributed by atoms with E-state index in [1.165, 1.54) is 94.6 Å². The van der Waals surface area contributed by atoms with E-state index in [0.717, 1.165) is 11.4 Å². The lowest BCUT2D eigenvalue weighted by atomic mass is 9.79. The molecular formula is C27H34FNO2. The number of hydrogen-bond donors (Lipinski definition) is 0. The summed E-state index contributed by atoms with van der Waals surface area (Å²) in [6.07, 6.45) is 13.0. The third-order valence-corrected chi connectivity index (χ3v) is 7.25. The lowest BCUT2D eigenvalue weighted by molar-refractivity contribution is 0.0595. The van der Waals surface area contributed by atoms with E-state index in [2.05, 4.69) is 22.9 Å². The van der Waals surface area contributed by atoms with E-state index < -0.39 is 11.8 Å². The van der Waals surface area contributed by atoms with Crippen LogP contribution in [-0.2, 0) is 4.74 Å². The molecule has 0 aromatic heterocycles. The Hall–Kier alpha value is -2.36. The topological polar surface area (TPSA) is 29.5 Å². The molecule has 0 radical (unpaired) electrons. The molecule has 166 valence electrons. The summed E-state index contributed by atoms with van der Waals surface area (Å²) in [5.41, 5.74) is 4.69. The Labute approximate surface area is 185 Å². The van der Waals surface area contributed by atoms with Gasteiger partial charge in [0.05, 0.1) is 12.7 Å². The van der Waals surface area contributed by atoms with Crippen LogP contribution >= 0.6 is 0 Å². The summed E-state index contributed by atoms with van der Waals surface area (Å²) in [7, 11) is 3.25. The van der Waals surface area contributed by atoms with Crippen molar-refractivity contribution in [1.29, 1.82) is 0 Å². The zero-order valence-electron chi connectivity index (χ0n) is 18.8. The molecule has 2 fully saturated rings. The molecule has 3 nitrogen and oxygen atoms in total. The van der Waals surface area contributed by atoms with Crippen LogP contribution < -0.4 is 4.90 Å². The normalized spacial score (nSPS) is 18.0. The minimum Gasteiger partial charge on any atom is -0.465 e. The minimum absolute atomic E-state index is 0.0292. The first-order valence-electron chi connectivity index (χ1n) is 11.8. The maximum Gasteiger partial charge on any atom is 0.340 e. The van der Waals surface area contributed by atoms with E-state index >= 15 is 0 Å². The Bertz CT molecular complexity index is 877. The third kappa shape index (κ3) is 4.94. The van der Waals surface area contributed by atoms with E-state index in [-0.39, 0.29) is 5.56 Å². The largest absolute Gasteiger partial charge is 0.465 e. The standard InChI is InChI=1S/C27H34FNO2/c1-29(23-13-14-25(26(28)18-23)27(30)31-2)24-16-21(19-9-5-3-6-10-19)15-22(17-24)20-11-7-4-8-12-20/h13-20H,3-12H2,1-2H3. The summed E-state index contributed by atoms with van der Waals surface area (Å²) in [6, 6.07) is 11.8. The number of halogens is 1. The van der Waals surface area contributed by atoms with Gasteiger partial charge in [-0.15, -0.1) is 0 Å². The average molecular weight is 424 g/mol. The van der Waals surface area contributed by atoms with Crippen LogP contribution in [0.25, 0.3) is 0 Å². The van der Waals surface area contributed by atoms with Crippen LogP contribution in [0.4, 0.5) is 15.8 Å². The predicted molar refractivity (Wildman–Crippen MR) is 124 cm³/mol. The molecule has 31 heavy (non-hydrogen) atoms. The first kappa shape index (κ1) is 21.9. The molecule has 0 aliphatic heterocycles. The van der Waals surface area contributed by atoms with Gasteiger partial charge in [-0.25, -0.2) is 9.18 Å². The highest BCUT2D eigenvalue weighted by atomic mass is 19.1. The van der Waals surface area contributed by atoms with Crippen LogP contribution in [0.2, 0.25) is 0 Å². The average Bonchev–Trinajstić information content (AvgIpc) is 2.84. The first-order chi connectivity index (χ1) is 15.1. The Morgan fingerprint density at radius 2 is 1.39 bits per heavy atom. The van der Waals surface area contributed by atoms with Gasteiger partial charge in [0.1, 0.15) is 5.82 Å². The summed E-state index contributed by atoms with van der Waals surface area (Å²) in [4.78, 5) is 13.8. The monoisotopic (exact) mass is 423 g/mol. The van der Waals surface area contributed by atoms with E-state index in [0.29, 0.717) is 11.8 Å². The van der Waals surface area contributed by atoms with Crippen LogP contribution in [0.1, 0.15) is 97.5 Å². The first-order valence-corrected chi connectivity index (χ1v) is 11.8. The van der Waals surface area contributed by atoms with Crippen molar-refractivity contribution in [3.63, 3.8) is 0 Å². The van der Waals surface area contributed by atoms with Gasteiger partial charge < -0.3 is 9.64 Å². The minimum atomic E-state index is -0.648. The Balaban J connectivity index is 1.68. The van der Waals surface area contributed by atoms with Gasteiger partial charge >= 0.3 is 5.97 Å². The number of ether oxygens (including phenoxy) is 1. The molecule has 0 atom stereocenters. The van der Waals surface area contributed by atoms with Crippen molar-refractivity contribution < 1.29 is 13.9 Å². The van der Waals surface area contributed by atoms with Crippen molar-refractivity contribution in [1.82, 2.24) is 0 Å². The number of rotatable bonds is 5. The van der Waals surface area contributed by atoms with Crippen molar-refractivity contribution in [2.45, 2.75) is 76.0 Å². The summed E-state index contributed by atoms with van der Waals surface area (Å²) in [5, 5.41) is 0. The van der Waals surface area contributed by atoms with Gasteiger partial charge in [-0.05, 0) is 79.0 Å². The number of hydrogen-bond acceptors (Lipinski definition) is 3. The molecule has 0 bridgehead atoms. The van der Waals surface area contributed by atoms with Gasteiger partial charge in [0.2, 0.25) is 0 Å². The van der Waals surface area contributed by atoms with Gasteiger partial charge in [-0.3, -0.25) is 0 Å². The molecule has 4 heteroatoms. The molecule has 2 aromatic rings. The van der Waals surface area contributed by atoms with Crippen molar-refractivity contribution in [2.24, 2.45) is 0 Å². The SMILES string of the molecule is COC(=O)c1ccc(N(C)c2cc(C3CCCCC3)cc(C3CCCCC3)c2)cc1F. The van der Waals surface area contributed by atoms with Crippen LogP contribution in [0, 0.1) is 5.82 Å². The van der Waals surface area contributed by atoms with E-state index in [1.54, 1.807) is 6.07 Å². The molecule has 0 unspecified atom stereocenters. The number of benzene rings is 2. The fraction of sp³-hybridized carbons (Fsp3) is 0.519. The molecule has 2 aliphatic carbocycles. The van der Waals surface area contributed by atoms with E-state index in [4.69, 9.17) is 0 Å². The smallest absolute Gasteiger partial charge is 0.340 e. The van der Waals surface area contributed by atoms with Crippen LogP contribution in [-0.4, -0.2) is 20.1 Å². The van der Waals surface area contributed by atoms with Crippen molar-refractivity contribution in [2.75, 3.05) is 19.1 Å². The second kappa shape index (κ2) is 9.84.